The number of carbonyl (C=O) groups excluding carboxylic acids is 1. The number of carbonyl (C=O) groups is 1. The molecule has 0 saturated heterocycles. The molecule has 146 valence electrons. The Morgan fingerprint density at radius 2 is 2.07 bits per heavy atom. The molecular weight excluding hydrogens is 388 g/mol. The highest BCUT2D eigenvalue weighted by molar-refractivity contribution is 7.16. The molecule has 0 radical (unpaired) electrons. The molecule has 3 aromatic rings. The van der Waals surface area contributed by atoms with E-state index in [9.17, 15) is 4.79 Å². The summed E-state index contributed by atoms with van der Waals surface area (Å²) in [5.41, 5.74) is 2.82. The molecule has 2 N–H and O–H groups in total. The summed E-state index contributed by atoms with van der Waals surface area (Å²) in [7, 11) is 1.64. The van der Waals surface area contributed by atoms with E-state index >= 15 is 0 Å². The van der Waals surface area contributed by atoms with Crippen molar-refractivity contribution in [3.63, 3.8) is 0 Å². The second-order valence-electron chi connectivity index (χ2n) is 7.17. The molecule has 1 atom stereocenters. The fourth-order valence-corrected chi connectivity index (χ4v) is 5.61. The van der Waals surface area contributed by atoms with E-state index < -0.39 is 0 Å². The Morgan fingerprint density at radius 3 is 2.79 bits per heavy atom. The largest absolute Gasteiger partial charge is 0.497 e. The number of methoxy groups -OCH3 is 1. The SMILES string of the molecule is COc1ccc(NC(=O)c2c(NCc3cccs3)sc3c2CCC(C)C3)cc1. The predicted molar refractivity (Wildman–Crippen MR) is 118 cm³/mol. The molecule has 6 heteroatoms. The fourth-order valence-electron chi connectivity index (χ4n) is 3.56. The van der Waals surface area contributed by atoms with Crippen LogP contribution in [-0.4, -0.2) is 13.0 Å². The smallest absolute Gasteiger partial charge is 0.258 e. The first kappa shape index (κ1) is 19.0. The number of fused-ring (bicyclic) bond motifs is 1. The van der Waals surface area contributed by atoms with Gasteiger partial charge in [0.2, 0.25) is 0 Å². The van der Waals surface area contributed by atoms with Crippen LogP contribution in [0.2, 0.25) is 0 Å². The zero-order valence-electron chi connectivity index (χ0n) is 16.1. The van der Waals surface area contributed by atoms with E-state index in [1.807, 2.05) is 24.3 Å². The summed E-state index contributed by atoms with van der Waals surface area (Å²) in [6.07, 6.45) is 3.17. The summed E-state index contributed by atoms with van der Waals surface area (Å²) >= 11 is 3.47. The lowest BCUT2D eigenvalue weighted by Crippen LogP contribution is -2.17. The lowest BCUT2D eigenvalue weighted by Gasteiger charge is -2.18. The quantitative estimate of drug-likeness (QED) is 0.537. The molecule has 0 aliphatic heterocycles. The molecule has 1 unspecified atom stereocenters. The van der Waals surface area contributed by atoms with Gasteiger partial charge < -0.3 is 15.4 Å². The molecule has 1 amide bonds. The van der Waals surface area contributed by atoms with Gasteiger partial charge in [0, 0.05) is 15.4 Å². The molecule has 1 aromatic carbocycles. The van der Waals surface area contributed by atoms with E-state index in [2.05, 4.69) is 35.1 Å². The number of anilines is 2. The van der Waals surface area contributed by atoms with Crippen molar-refractivity contribution in [2.45, 2.75) is 32.7 Å². The summed E-state index contributed by atoms with van der Waals surface area (Å²) in [4.78, 5) is 15.8. The molecule has 0 bridgehead atoms. The van der Waals surface area contributed by atoms with Crippen molar-refractivity contribution in [1.82, 2.24) is 0 Å². The van der Waals surface area contributed by atoms with Gasteiger partial charge in [-0.2, -0.15) is 0 Å². The molecule has 4 nitrogen and oxygen atoms in total. The Hall–Kier alpha value is -2.31. The van der Waals surface area contributed by atoms with Crippen LogP contribution in [0.4, 0.5) is 10.7 Å². The van der Waals surface area contributed by atoms with Crippen LogP contribution in [0, 0.1) is 5.92 Å². The number of ether oxygens (including phenoxy) is 1. The number of hydrogen-bond acceptors (Lipinski definition) is 5. The van der Waals surface area contributed by atoms with Crippen LogP contribution in [0.1, 0.15) is 39.0 Å². The molecule has 1 aliphatic carbocycles. The van der Waals surface area contributed by atoms with Crippen LogP contribution in [0.25, 0.3) is 0 Å². The summed E-state index contributed by atoms with van der Waals surface area (Å²) in [5, 5.41) is 9.65. The monoisotopic (exact) mass is 412 g/mol. The van der Waals surface area contributed by atoms with Gasteiger partial charge in [0.1, 0.15) is 10.8 Å². The van der Waals surface area contributed by atoms with Crippen molar-refractivity contribution in [1.29, 1.82) is 0 Å². The van der Waals surface area contributed by atoms with E-state index in [0.717, 1.165) is 47.8 Å². The fraction of sp³-hybridized carbons (Fsp3) is 0.318. The number of thiophene rings is 2. The number of nitrogens with one attached hydrogen (secondary N) is 2. The first-order valence-corrected chi connectivity index (χ1v) is 11.2. The Labute approximate surface area is 173 Å². The highest BCUT2D eigenvalue weighted by Crippen LogP contribution is 2.40. The molecule has 28 heavy (non-hydrogen) atoms. The van der Waals surface area contributed by atoms with Crippen LogP contribution in [0.3, 0.4) is 0 Å². The number of rotatable bonds is 6. The zero-order chi connectivity index (χ0) is 19.5. The van der Waals surface area contributed by atoms with Crippen molar-refractivity contribution in [3.8, 4) is 5.75 Å². The Balaban J connectivity index is 1.60. The van der Waals surface area contributed by atoms with Crippen LogP contribution < -0.4 is 15.4 Å². The molecule has 0 saturated carbocycles. The first-order chi connectivity index (χ1) is 13.6. The molecule has 2 aromatic heterocycles. The number of amides is 1. The van der Waals surface area contributed by atoms with Crippen molar-refractivity contribution < 1.29 is 9.53 Å². The third-order valence-corrected chi connectivity index (χ3v) is 7.18. The van der Waals surface area contributed by atoms with Gasteiger partial charge in [-0.1, -0.05) is 13.0 Å². The van der Waals surface area contributed by atoms with Crippen LogP contribution >= 0.6 is 22.7 Å². The Morgan fingerprint density at radius 1 is 1.25 bits per heavy atom. The number of hydrogen-bond donors (Lipinski definition) is 2. The lowest BCUT2D eigenvalue weighted by atomic mass is 9.88. The highest BCUT2D eigenvalue weighted by atomic mass is 32.1. The molecule has 2 heterocycles. The van der Waals surface area contributed by atoms with E-state index in [1.165, 1.54) is 15.3 Å². The van der Waals surface area contributed by atoms with E-state index in [1.54, 1.807) is 29.8 Å². The van der Waals surface area contributed by atoms with E-state index in [-0.39, 0.29) is 5.91 Å². The third kappa shape index (κ3) is 4.08. The maximum absolute atomic E-state index is 13.2. The summed E-state index contributed by atoms with van der Waals surface area (Å²) in [6.45, 7) is 3.04. The third-order valence-electron chi connectivity index (χ3n) is 5.09. The van der Waals surface area contributed by atoms with Crippen molar-refractivity contribution >= 4 is 39.3 Å². The van der Waals surface area contributed by atoms with Crippen LogP contribution in [0.5, 0.6) is 5.75 Å². The second-order valence-corrected chi connectivity index (χ2v) is 9.31. The molecule has 0 fully saturated rings. The van der Waals surface area contributed by atoms with Gasteiger partial charge in [-0.25, -0.2) is 0 Å². The Bertz CT molecular complexity index is 946. The standard InChI is InChI=1S/C22H24N2O2S2/c1-14-5-10-18-19(12-14)28-22(23-13-17-4-3-11-27-17)20(18)21(25)24-15-6-8-16(26-2)9-7-15/h3-4,6-9,11,14,23H,5,10,12-13H2,1-2H3,(H,24,25). The maximum atomic E-state index is 13.2. The van der Waals surface area contributed by atoms with Gasteiger partial charge in [0.15, 0.2) is 0 Å². The van der Waals surface area contributed by atoms with Crippen molar-refractivity contribution in [2.75, 3.05) is 17.7 Å². The average Bonchev–Trinajstić information content (AvgIpc) is 3.33. The highest BCUT2D eigenvalue weighted by Gasteiger charge is 2.27. The van der Waals surface area contributed by atoms with E-state index in [4.69, 9.17) is 4.74 Å². The lowest BCUT2D eigenvalue weighted by molar-refractivity contribution is 0.102. The van der Waals surface area contributed by atoms with Gasteiger partial charge in [-0.05, 0) is 66.5 Å². The topological polar surface area (TPSA) is 50.4 Å². The van der Waals surface area contributed by atoms with Gasteiger partial charge in [0.05, 0.1) is 19.2 Å². The first-order valence-electron chi connectivity index (χ1n) is 9.50. The minimum atomic E-state index is -0.0362. The van der Waals surface area contributed by atoms with Gasteiger partial charge in [0.25, 0.3) is 5.91 Å². The van der Waals surface area contributed by atoms with Crippen molar-refractivity contribution in [2.24, 2.45) is 5.92 Å². The molecule has 0 spiro atoms. The zero-order valence-corrected chi connectivity index (χ0v) is 17.7. The molecule has 1 aliphatic rings. The summed E-state index contributed by atoms with van der Waals surface area (Å²) in [5.74, 6) is 1.41. The van der Waals surface area contributed by atoms with E-state index in [0.29, 0.717) is 5.92 Å². The molecule has 4 rings (SSSR count). The Kier molecular flexibility index (Phi) is 5.69. The van der Waals surface area contributed by atoms with Gasteiger partial charge in [-0.15, -0.1) is 22.7 Å². The maximum Gasteiger partial charge on any atom is 0.258 e. The van der Waals surface area contributed by atoms with Crippen molar-refractivity contribution in [3.05, 3.63) is 62.7 Å². The summed E-state index contributed by atoms with van der Waals surface area (Å²) in [6, 6.07) is 11.6. The average molecular weight is 413 g/mol. The normalized spacial score (nSPS) is 15.7. The molecular formula is C22H24N2O2S2. The summed E-state index contributed by atoms with van der Waals surface area (Å²) < 4.78 is 5.20. The van der Waals surface area contributed by atoms with Crippen LogP contribution in [-0.2, 0) is 19.4 Å². The second kappa shape index (κ2) is 8.37. The number of benzene rings is 1. The minimum absolute atomic E-state index is 0.0362. The van der Waals surface area contributed by atoms with Gasteiger partial charge in [-0.3, -0.25) is 4.79 Å². The van der Waals surface area contributed by atoms with Gasteiger partial charge >= 0.3 is 0 Å². The van der Waals surface area contributed by atoms with Crippen LogP contribution in [0.15, 0.2) is 41.8 Å². The predicted octanol–water partition coefficient (Wildman–Crippen LogP) is 5.81. The minimum Gasteiger partial charge on any atom is -0.497 e.